The van der Waals surface area contributed by atoms with Gasteiger partial charge in [0.1, 0.15) is 6.54 Å². The van der Waals surface area contributed by atoms with Gasteiger partial charge < -0.3 is 15.5 Å². The van der Waals surface area contributed by atoms with Gasteiger partial charge in [-0.15, -0.1) is 0 Å². The van der Waals surface area contributed by atoms with E-state index in [1.807, 2.05) is 19.1 Å². The van der Waals surface area contributed by atoms with Gasteiger partial charge in [-0.25, -0.2) is 0 Å². The molecule has 0 saturated carbocycles. The van der Waals surface area contributed by atoms with Gasteiger partial charge in [-0.1, -0.05) is 23.8 Å². The van der Waals surface area contributed by atoms with Crippen LogP contribution in [0.15, 0.2) is 47.4 Å². The fourth-order valence-electron chi connectivity index (χ4n) is 2.40. The van der Waals surface area contributed by atoms with Gasteiger partial charge in [0.05, 0.1) is 4.91 Å². The second kappa shape index (κ2) is 7.55. The molecule has 3 amide bonds. The number of nitrogens with zero attached hydrogens (tertiary/aromatic N) is 1. The Bertz CT molecular complexity index is 953. The van der Waals surface area contributed by atoms with Crippen molar-refractivity contribution in [2.24, 2.45) is 0 Å². The fourth-order valence-corrected chi connectivity index (χ4v) is 3.24. The SMILES string of the molecule is Cc1ccc(NC(=O)CN2C(=O)S/C(=C/c3ccc(O)c(O)c3)C2=O)cc1. The van der Waals surface area contributed by atoms with Crippen molar-refractivity contribution in [3.05, 3.63) is 58.5 Å². The minimum Gasteiger partial charge on any atom is -0.504 e. The number of amides is 3. The summed E-state index contributed by atoms with van der Waals surface area (Å²) in [6, 6.07) is 11.2. The number of carbonyl (C=O) groups excluding carboxylic acids is 3. The lowest BCUT2D eigenvalue weighted by molar-refractivity contribution is -0.127. The van der Waals surface area contributed by atoms with Crippen molar-refractivity contribution >= 4 is 40.6 Å². The molecule has 1 heterocycles. The Morgan fingerprint density at radius 1 is 1.11 bits per heavy atom. The second-order valence-electron chi connectivity index (χ2n) is 5.93. The number of nitrogens with one attached hydrogen (secondary N) is 1. The highest BCUT2D eigenvalue weighted by molar-refractivity contribution is 8.18. The summed E-state index contributed by atoms with van der Waals surface area (Å²) >= 11 is 0.711. The first-order valence-corrected chi connectivity index (χ1v) is 8.79. The largest absolute Gasteiger partial charge is 0.504 e. The van der Waals surface area contributed by atoms with Gasteiger partial charge in [0.25, 0.3) is 11.1 Å². The van der Waals surface area contributed by atoms with Gasteiger partial charge in [0.15, 0.2) is 11.5 Å². The van der Waals surface area contributed by atoms with E-state index in [-0.39, 0.29) is 16.4 Å². The standard InChI is InChI=1S/C19H16N2O5S/c1-11-2-5-13(6-3-11)20-17(24)10-21-18(25)16(27-19(21)26)9-12-4-7-14(22)15(23)8-12/h2-9,22-23H,10H2,1H3,(H,20,24)/b16-9+. The minimum absolute atomic E-state index is 0.133. The van der Waals surface area contributed by atoms with Crippen LogP contribution in [-0.2, 0) is 9.59 Å². The monoisotopic (exact) mass is 384 g/mol. The predicted molar refractivity (Wildman–Crippen MR) is 102 cm³/mol. The lowest BCUT2D eigenvalue weighted by atomic mass is 10.2. The van der Waals surface area contributed by atoms with E-state index in [9.17, 15) is 24.6 Å². The van der Waals surface area contributed by atoms with Crippen LogP contribution in [0.5, 0.6) is 11.5 Å². The number of thioether (sulfide) groups is 1. The molecule has 1 aliphatic rings. The highest BCUT2D eigenvalue weighted by atomic mass is 32.2. The number of hydrogen-bond donors (Lipinski definition) is 3. The third kappa shape index (κ3) is 4.29. The van der Waals surface area contributed by atoms with Crippen molar-refractivity contribution in [1.29, 1.82) is 0 Å². The maximum absolute atomic E-state index is 12.4. The number of benzene rings is 2. The molecule has 0 aromatic heterocycles. The average Bonchev–Trinajstić information content (AvgIpc) is 2.87. The van der Waals surface area contributed by atoms with Crippen LogP contribution >= 0.6 is 11.8 Å². The molecule has 0 spiro atoms. The number of phenolic OH excluding ortho intramolecular Hbond substituents is 2. The molecule has 7 nitrogen and oxygen atoms in total. The Kier molecular flexibility index (Phi) is 5.18. The van der Waals surface area contributed by atoms with Crippen molar-refractivity contribution < 1.29 is 24.6 Å². The van der Waals surface area contributed by atoms with E-state index in [4.69, 9.17) is 0 Å². The molecule has 1 fully saturated rings. The van der Waals surface area contributed by atoms with Gasteiger partial charge >= 0.3 is 0 Å². The molecule has 1 saturated heterocycles. The molecule has 2 aromatic rings. The van der Waals surface area contributed by atoms with Crippen LogP contribution in [-0.4, -0.2) is 38.7 Å². The molecule has 3 rings (SSSR count). The number of rotatable bonds is 4. The first-order chi connectivity index (χ1) is 12.8. The van der Waals surface area contributed by atoms with E-state index < -0.39 is 23.6 Å². The molecule has 27 heavy (non-hydrogen) atoms. The molecule has 0 bridgehead atoms. The molecule has 0 atom stereocenters. The van der Waals surface area contributed by atoms with Crippen LogP contribution in [0.2, 0.25) is 0 Å². The number of anilines is 1. The van der Waals surface area contributed by atoms with Gasteiger partial charge in [-0.2, -0.15) is 0 Å². The quantitative estimate of drug-likeness (QED) is 0.552. The molecular weight excluding hydrogens is 368 g/mol. The van der Waals surface area contributed by atoms with Crippen LogP contribution < -0.4 is 5.32 Å². The van der Waals surface area contributed by atoms with Crippen molar-refractivity contribution in [3.8, 4) is 11.5 Å². The van der Waals surface area contributed by atoms with Crippen LogP contribution in [0.3, 0.4) is 0 Å². The zero-order valence-electron chi connectivity index (χ0n) is 14.3. The second-order valence-corrected chi connectivity index (χ2v) is 6.92. The normalized spacial score (nSPS) is 15.4. The molecule has 8 heteroatoms. The summed E-state index contributed by atoms with van der Waals surface area (Å²) in [7, 11) is 0. The van der Waals surface area contributed by atoms with Crippen molar-refractivity contribution in [1.82, 2.24) is 4.90 Å². The Balaban J connectivity index is 1.70. The van der Waals surface area contributed by atoms with Crippen molar-refractivity contribution in [2.75, 3.05) is 11.9 Å². The molecule has 0 radical (unpaired) electrons. The molecule has 138 valence electrons. The molecule has 0 unspecified atom stereocenters. The van der Waals surface area contributed by atoms with Gasteiger partial charge in [-0.3, -0.25) is 19.3 Å². The first-order valence-electron chi connectivity index (χ1n) is 7.97. The van der Waals surface area contributed by atoms with Crippen LogP contribution in [0.25, 0.3) is 6.08 Å². The van der Waals surface area contributed by atoms with E-state index in [0.29, 0.717) is 23.0 Å². The molecular formula is C19H16N2O5S. The summed E-state index contributed by atoms with van der Waals surface area (Å²) in [6.07, 6.45) is 1.42. The summed E-state index contributed by atoms with van der Waals surface area (Å²) in [5, 5.41) is 20.9. The number of imide groups is 1. The highest BCUT2D eigenvalue weighted by Gasteiger charge is 2.36. The summed E-state index contributed by atoms with van der Waals surface area (Å²) in [5.74, 6) is -1.69. The van der Waals surface area contributed by atoms with E-state index >= 15 is 0 Å². The predicted octanol–water partition coefficient (Wildman–Crippen LogP) is 3.08. The topological polar surface area (TPSA) is 107 Å². The Morgan fingerprint density at radius 3 is 2.48 bits per heavy atom. The van der Waals surface area contributed by atoms with Crippen LogP contribution in [0.4, 0.5) is 10.5 Å². The Morgan fingerprint density at radius 2 is 1.81 bits per heavy atom. The molecule has 2 aromatic carbocycles. The zero-order valence-corrected chi connectivity index (χ0v) is 15.1. The maximum Gasteiger partial charge on any atom is 0.294 e. The van der Waals surface area contributed by atoms with Crippen LogP contribution in [0, 0.1) is 6.92 Å². The van der Waals surface area contributed by atoms with Crippen molar-refractivity contribution in [2.45, 2.75) is 6.92 Å². The summed E-state index contributed by atoms with van der Waals surface area (Å²) in [6.45, 7) is 1.53. The number of hydrogen-bond acceptors (Lipinski definition) is 6. The zero-order chi connectivity index (χ0) is 19.6. The Hall–Kier alpha value is -3.26. The molecule has 3 N–H and O–H groups in total. The summed E-state index contributed by atoms with van der Waals surface area (Å²) < 4.78 is 0. The van der Waals surface area contributed by atoms with Crippen molar-refractivity contribution in [3.63, 3.8) is 0 Å². The van der Waals surface area contributed by atoms with E-state index in [0.717, 1.165) is 10.5 Å². The first kappa shape index (κ1) is 18.5. The minimum atomic E-state index is -0.586. The number of phenols is 2. The van der Waals surface area contributed by atoms with E-state index in [2.05, 4.69) is 5.32 Å². The Labute approximate surface area is 159 Å². The summed E-state index contributed by atoms with van der Waals surface area (Å²) in [5.41, 5.74) is 2.07. The summed E-state index contributed by atoms with van der Waals surface area (Å²) in [4.78, 5) is 37.7. The van der Waals surface area contributed by atoms with E-state index in [1.165, 1.54) is 24.3 Å². The van der Waals surface area contributed by atoms with Crippen LogP contribution in [0.1, 0.15) is 11.1 Å². The number of carbonyl (C=O) groups is 3. The average molecular weight is 384 g/mol. The molecule has 1 aliphatic heterocycles. The maximum atomic E-state index is 12.4. The number of aryl methyl sites for hydroxylation is 1. The van der Waals surface area contributed by atoms with E-state index in [1.54, 1.807) is 12.1 Å². The van der Waals surface area contributed by atoms with Gasteiger partial charge in [-0.05, 0) is 54.6 Å². The lowest BCUT2D eigenvalue weighted by Gasteiger charge is -2.12. The highest BCUT2D eigenvalue weighted by Crippen LogP contribution is 2.33. The third-order valence-electron chi connectivity index (χ3n) is 3.81. The smallest absolute Gasteiger partial charge is 0.294 e. The molecule has 0 aliphatic carbocycles. The van der Waals surface area contributed by atoms with Gasteiger partial charge in [0, 0.05) is 5.69 Å². The van der Waals surface area contributed by atoms with Gasteiger partial charge in [0.2, 0.25) is 5.91 Å². The lowest BCUT2D eigenvalue weighted by Crippen LogP contribution is -2.36. The third-order valence-corrected chi connectivity index (χ3v) is 4.72. The fraction of sp³-hybridized carbons (Fsp3) is 0.105. The number of aromatic hydroxyl groups is 2.